The van der Waals surface area contributed by atoms with Crippen LogP contribution in [-0.4, -0.2) is 36.8 Å². The first-order valence-electron chi connectivity index (χ1n) is 11.2. The summed E-state index contributed by atoms with van der Waals surface area (Å²) in [6, 6.07) is 14.0. The van der Waals surface area contributed by atoms with E-state index < -0.39 is 23.2 Å². The van der Waals surface area contributed by atoms with Gasteiger partial charge in [0.1, 0.15) is 11.7 Å². The molecule has 3 aromatic heterocycles. The third kappa shape index (κ3) is 5.13. The number of hydrogen-bond donors (Lipinski definition) is 1. The lowest BCUT2D eigenvalue weighted by atomic mass is 10.1. The molecule has 0 bridgehead atoms. The Hall–Kier alpha value is -4.74. The first-order valence-corrected chi connectivity index (χ1v) is 11.2. The van der Waals surface area contributed by atoms with Crippen LogP contribution in [0.2, 0.25) is 0 Å². The molecule has 12 heteroatoms. The van der Waals surface area contributed by atoms with Crippen LogP contribution in [0.4, 0.5) is 13.2 Å². The Morgan fingerprint density at radius 1 is 1.03 bits per heavy atom. The van der Waals surface area contributed by atoms with Gasteiger partial charge < -0.3 is 9.73 Å². The van der Waals surface area contributed by atoms with Gasteiger partial charge in [-0.25, -0.2) is 14.6 Å². The molecule has 1 N–H and O–H groups in total. The molecule has 0 aliphatic heterocycles. The summed E-state index contributed by atoms with van der Waals surface area (Å²) in [5.74, 6) is -0.121. The Kier molecular flexibility index (Phi) is 6.30. The summed E-state index contributed by atoms with van der Waals surface area (Å²) in [6.07, 6.45) is -0.397. The van der Waals surface area contributed by atoms with Crippen molar-refractivity contribution in [1.82, 2.24) is 29.6 Å². The van der Waals surface area contributed by atoms with Gasteiger partial charge in [-0.3, -0.25) is 14.2 Å². The number of nitrogens with zero attached hydrogens (tertiary/aromatic N) is 5. The molecule has 0 saturated heterocycles. The molecule has 5 rings (SSSR count). The van der Waals surface area contributed by atoms with E-state index in [1.165, 1.54) is 40.1 Å². The van der Waals surface area contributed by atoms with E-state index in [1.54, 1.807) is 0 Å². The van der Waals surface area contributed by atoms with Gasteiger partial charge in [0.25, 0.3) is 11.4 Å². The number of benzene rings is 2. The maximum Gasteiger partial charge on any atom is 0.416 e. The maximum absolute atomic E-state index is 13.0. The fourth-order valence-corrected chi connectivity index (χ4v) is 3.78. The molecule has 0 aliphatic rings. The minimum absolute atomic E-state index is 0.0753. The van der Waals surface area contributed by atoms with Crippen molar-refractivity contribution in [3.63, 3.8) is 0 Å². The number of aromatic nitrogens is 5. The summed E-state index contributed by atoms with van der Waals surface area (Å²) < 4.78 is 47.2. The van der Waals surface area contributed by atoms with E-state index in [9.17, 15) is 22.8 Å². The van der Waals surface area contributed by atoms with Crippen LogP contribution in [0.3, 0.4) is 0 Å². The number of fused-ring (bicyclic) bond motifs is 1. The summed E-state index contributed by atoms with van der Waals surface area (Å²) in [6.45, 7) is 0.299. The highest BCUT2D eigenvalue weighted by Crippen LogP contribution is 2.29. The first-order chi connectivity index (χ1) is 17.8. The number of carbonyl (C=O) groups excluding carboxylic acids is 1. The van der Waals surface area contributed by atoms with Gasteiger partial charge in [0.2, 0.25) is 0 Å². The second-order valence-electron chi connectivity index (χ2n) is 8.13. The molecule has 0 radical (unpaired) electrons. The smallest absolute Gasteiger partial charge is 0.416 e. The fraction of sp³-hybridized carbons (Fsp3) is 0.160. The van der Waals surface area contributed by atoms with Crippen molar-refractivity contribution in [2.24, 2.45) is 0 Å². The molecule has 9 nitrogen and oxygen atoms in total. The molecule has 3 heterocycles. The van der Waals surface area contributed by atoms with Gasteiger partial charge in [-0.05, 0) is 17.7 Å². The topological polar surface area (TPSA) is 108 Å². The normalized spacial score (nSPS) is 11.6. The minimum Gasteiger partial charge on any atom is -0.432 e. The highest BCUT2D eigenvalue weighted by Gasteiger charge is 2.30. The Morgan fingerprint density at radius 3 is 2.62 bits per heavy atom. The lowest BCUT2D eigenvalue weighted by Gasteiger charge is -2.10. The van der Waals surface area contributed by atoms with Crippen LogP contribution >= 0.6 is 0 Å². The first kappa shape index (κ1) is 24.0. The predicted molar refractivity (Wildman–Crippen MR) is 127 cm³/mol. The van der Waals surface area contributed by atoms with Gasteiger partial charge in [-0.15, -0.1) is 0 Å². The van der Waals surface area contributed by atoms with E-state index in [0.29, 0.717) is 17.0 Å². The summed E-state index contributed by atoms with van der Waals surface area (Å²) >= 11 is 0. The zero-order valence-electron chi connectivity index (χ0n) is 19.1. The molecular weight excluding hydrogens is 489 g/mol. The highest BCUT2D eigenvalue weighted by molar-refractivity contribution is 5.90. The van der Waals surface area contributed by atoms with Crippen molar-refractivity contribution < 1.29 is 22.4 Å². The average Bonchev–Trinajstić information content (AvgIpc) is 3.54. The largest absolute Gasteiger partial charge is 0.432 e. The Bertz CT molecular complexity index is 1620. The number of oxazole rings is 1. The van der Waals surface area contributed by atoms with Gasteiger partial charge >= 0.3 is 12.1 Å². The van der Waals surface area contributed by atoms with Crippen molar-refractivity contribution in [2.45, 2.75) is 19.3 Å². The van der Waals surface area contributed by atoms with Crippen molar-refractivity contribution >= 4 is 16.9 Å². The molecule has 1 amide bonds. The maximum atomic E-state index is 13.0. The second kappa shape index (κ2) is 9.72. The number of hydrogen-bond acceptors (Lipinski definition) is 6. The quantitative estimate of drug-likeness (QED) is 0.359. The van der Waals surface area contributed by atoms with Crippen molar-refractivity contribution in [3.8, 4) is 11.3 Å². The minimum atomic E-state index is -4.48. The number of rotatable bonds is 7. The molecule has 0 fully saturated rings. The van der Waals surface area contributed by atoms with Crippen LogP contribution in [0, 0.1) is 0 Å². The number of nitrogens with one attached hydrogen (secondary N) is 1. The Balaban J connectivity index is 1.24. The van der Waals surface area contributed by atoms with Gasteiger partial charge in [0.05, 0.1) is 31.0 Å². The lowest BCUT2D eigenvalue weighted by molar-refractivity contribution is -0.137. The molecule has 0 aliphatic carbocycles. The summed E-state index contributed by atoms with van der Waals surface area (Å²) in [4.78, 5) is 33.5. The molecule has 2 aromatic carbocycles. The molecule has 37 heavy (non-hydrogen) atoms. The highest BCUT2D eigenvalue weighted by atomic mass is 19.4. The van der Waals surface area contributed by atoms with Crippen LogP contribution in [0.15, 0.2) is 82.5 Å². The average molecular weight is 508 g/mol. The van der Waals surface area contributed by atoms with E-state index in [4.69, 9.17) is 4.42 Å². The van der Waals surface area contributed by atoms with Gasteiger partial charge in [-0.2, -0.15) is 18.3 Å². The Labute approximate surface area is 207 Å². The van der Waals surface area contributed by atoms with Crippen molar-refractivity contribution in [2.75, 3.05) is 6.54 Å². The molecular formula is C25H19F3N6O3. The zero-order chi connectivity index (χ0) is 26.0. The number of amides is 1. The molecule has 0 spiro atoms. The number of alkyl halides is 3. The summed E-state index contributed by atoms with van der Waals surface area (Å²) in [5, 5.41) is 7.06. The third-order valence-electron chi connectivity index (χ3n) is 5.60. The predicted octanol–water partition coefficient (Wildman–Crippen LogP) is 3.75. The van der Waals surface area contributed by atoms with Crippen LogP contribution in [0.1, 0.15) is 21.8 Å². The Morgan fingerprint density at radius 2 is 1.84 bits per heavy atom. The van der Waals surface area contributed by atoms with Gasteiger partial charge in [-0.1, -0.05) is 42.5 Å². The van der Waals surface area contributed by atoms with E-state index in [2.05, 4.69) is 20.4 Å². The third-order valence-corrected chi connectivity index (χ3v) is 5.60. The fourth-order valence-electron chi connectivity index (χ4n) is 3.78. The SMILES string of the molecule is O=C(NCCn1ncc2c(=O)n(Cc3cccc(C(F)(F)F)c3)cnc21)c1ncc(-c2ccccc2)o1. The summed E-state index contributed by atoms with van der Waals surface area (Å²) in [7, 11) is 0. The standard InChI is InChI=1S/C25H19F3N6O3/c26-25(27,28)18-8-4-5-16(11-18)14-33-15-31-21-19(24(33)36)12-32-34(21)10-9-29-22(35)23-30-13-20(37-23)17-6-2-1-3-7-17/h1-8,11-13,15H,9-10,14H2,(H,29,35). The van der Waals surface area contributed by atoms with Crippen LogP contribution < -0.4 is 10.9 Å². The molecule has 0 unspecified atom stereocenters. The molecule has 5 aromatic rings. The molecule has 0 atom stereocenters. The van der Waals surface area contributed by atoms with E-state index in [0.717, 1.165) is 17.7 Å². The van der Waals surface area contributed by atoms with Gasteiger partial charge in [0.15, 0.2) is 11.4 Å². The van der Waals surface area contributed by atoms with Crippen molar-refractivity contribution in [1.29, 1.82) is 0 Å². The van der Waals surface area contributed by atoms with Gasteiger partial charge in [0, 0.05) is 12.1 Å². The monoisotopic (exact) mass is 508 g/mol. The van der Waals surface area contributed by atoms with Crippen LogP contribution in [0.25, 0.3) is 22.4 Å². The van der Waals surface area contributed by atoms with Crippen molar-refractivity contribution in [3.05, 3.63) is 101 Å². The van der Waals surface area contributed by atoms with E-state index in [1.807, 2.05) is 30.3 Å². The van der Waals surface area contributed by atoms with Crippen LogP contribution in [-0.2, 0) is 19.3 Å². The second-order valence-corrected chi connectivity index (χ2v) is 8.13. The molecule has 188 valence electrons. The van der Waals surface area contributed by atoms with E-state index >= 15 is 0 Å². The lowest BCUT2D eigenvalue weighted by Crippen LogP contribution is -2.28. The van der Waals surface area contributed by atoms with E-state index in [-0.39, 0.29) is 30.9 Å². The van der Waals surface area contributed by atoms with Crippen LogP contribution in [0.5, 0.6) is 0 Å². The molecule has 0 saturated carbocycles. The number of halogens is 3. The zero-order valence-corrected chi connectivity index (χ0v) is 19.1. The number of carbonyl (C=O) groups is 1. The summed E-state index contributed by atoms with van der Waals surface area (Å²) in [5.41, 5.74) is 0.174.